The number of hydrogen-bond donors (Lipinski definition) is 1. The molecule has 18 heavy (non-hydrogen) atoms. The van der Waals surface area contributed by atoms with Crippen molar-refractivity contribution >= 4 is 0 Å². The lowest BCUT2D eigenvalue weighted by atomic mass is 9.73. The van der Waals surface area contributed by atoms with E-state index in [0.717, 1.165) is 31.1 Å². The van der Waals surface area contributed by atoms with Crippen molar-refractivity contribution in [2.45, 2.75) is 52.1 Å². The zero-order valence-corrected chi connectivity index (χ0v) is 11.8. The zero-order valence-electron chi connectivity index (χ0n) is 11.8. The molecule has 0 spiro atoms. The first-order valence-electron chi connectivity index (χ1n) is 7.22. The Morgan fingerprint density at radius 3 is 2.83 bits per heavy atom. The van der Waals surface area contributed by atoms with Crippen LogP contribution >= 0.6 is 0 Å². The van der Waals surface area contributed by atoms with Gasteiger partial charge in [-0.2, -0.15) is 5.10 Å². The molecule has 1 heterocycles. The van der Waals surface area contributed by atoms with Crippen molar-refractivity contribution in [3.05, 3.63) is 18.0 Å². The third-order valence-electron chi connectivity index (χ3n) is 4.49. The van der Waals surface area contributed by atoms with E-state index < -0.39 is 0 Å². The highest BCUT2D eigenvalue weighted by Crippen LogP contribution is 2.36. The van der Waals surface area contributed by atoms with E-state index in [-0.39, 0.29) is 6.10 Å². The first kappa shape index (κ1) is 13.6. The molecule has 0 aromatic carbocycles. The minimum Gasteiger partial charge on any atom is -0.393 e. The standard InChI is InChI=1S/C15H26N2O/c1-11(2)13-6-7-15(18)14(8-13)5-4-12-9-16-17(3)10-12/h9-11,13-15,18H,4-8H2,1-3H3. The first-order valence-corrected chi connectivity index (χ1v) is 7.22. The van der Waals surface area contributed by atoms with Gasteiger partial charge >= 0.3 is 0 Å². The van der Waals surface area contributed by atoms with Crippen LogP contribution in [0, 0.1) is 17.8 Å². The zero-order chi connectivity index (χ0) is 13.1. The molecule has 0 aliphatic heterocycles. The number of aliphatic hydroxyl groups excluding tert-OH is 1. The largest absolute Gasteiger partial charge is 0.393 e. The van der Waals surface area contributed by atoms with Crippen LogP contribution in [-0.4, -0.2) is 21.0 Å². The molecule has 3 unspecified atom stereocenters. The molecular weight excluding hydrogens is 224 g/mol. The fraction of sp³-hybridized carbons (Fsp3) is 0.800. The maximum absolute atomic E-state index is 10.1. The third kappa shape index (κ3) is 3.35. The van der Waals surface area contributed by atoms with E-state index >= 15 is 0 Å². The highest BCUT2D eigenvalue weighted by molar-refractivity contribution is 5.04. The second kappa shape index (κ2) is 5.87. The van der Waals surface area contributed by atoms with Gasteiger partial charge in [0.05, 0.1) is 12.3 Å². The molecule has 1 fully saturated rings. The number of aromatic nitrogens is 2. The van der Waals surface area contributed by atoms with Gasteiger partial charge in [0.15, 0.2) is 0 Å². The fourth-order valence-electron chi connectivity index (χ4n) is 3.15. The molecule has 1 aromatic heterocycles. The molecule has 1 N–H and O–H groups in total. The van der Waals surface area contributed by atoms with Crippen molar-refractivity contribution in [1.82, 2.24) is 9.78 Å². The number of nitrogens with zero attached hydrogens (tertiary/aromatic N) is 2. The van der Waals surface area contributed by atoms with Gasteiger partial charge in [0.1, 0.15) is 0 Å². The maximum Gasteiger partial charge on any atom is 0.0568 e. The molecule has 3 heteroatoms. The Balaban J connectivity index is 1.86. The smallest absolute Gasteiger partial charge is 0.0568 e. The topological polar surface area (TPSA) is 38.1 Å². The van der Waals surface area contributed by atoms with Gasteiger partial charge < -0.3 is 5.11 Å². The molecule has 1 saturated carbocycles. The van der Waals surface area contributed by atoms with Crippen LogP contribution in [0.15, 0.2) is 12.4 Å². The van der Waals surface area contributed by atoms with Crippen molar-refractivity contribution in [3.8, 4) is 0 Å². The normalized spacial score (nSPS) is 28.8. The number of rotatable bonds is 4. The Hall–Kier alpha value is -0.830. The van der Waals surface area contributed by atoms with Crippen molar-refractivity contribution < 1.29 is 5.11 Å². The van der Waals surface area contributed by atoms with Crippen LogP contribution < -0.4 is 0 Å². The lowest BCUT2D eigenvalue weighted by Gasteiger charge is -2.35. The van der Waals surface area contributed by atoms with Crippen LogP contribution in [0.1, 0.15) is 45.1 Å². The van der Waals surface area contributed by atoms with E-state index in [0.29, 0.717) is 5.92 Å². The van der Waals surface area contributed by atoms with Crippen LogP contribution in [0.3, 0.4) is 0 Å². The first-order chi connectivity index (χ1) is 8.56. The Morgan fingerprint density at radius 1 is 1.44 bits per heavy atom. The molecule has 0 amide bonds. The highest BCUT2D eigenvalue weighted by atomic mass is 16.3. The Bertz CT molecular complexity index is 372. The lowest BCUT2D eigenvalue weighted by Crippen LogP contribution is -2.31. The molecule has 102 valence electrons. The summed E-state index contributed by atoms with van der Waals surface area (Å²) in [6, 6.07) is 0. The summed E-state index contributed by atoms with van der Waals surface area (Å²) in [4.78, 5) is 0. The number of aryl methyl sites for hydroxylation is 2. The molecule has 3 atom stereocenters. The summed E-state index contributed by atoms with van der Waals surface area (Å²) in [5.41, 5.74) is 1.29. The van der Waals surface area contributed by atoms with E-state index in [1.54, 1.807) is 0 Å². The van der Waals surface area contributed by atoms with Crippen LogP contribution in [0.2, 0.25) is 0 Å². The molecule has 1 aliphatic carbocycles. The molecule has 0 bridgehead atoms. The molecule has 2 rings (SSSR count). The summed E-state index contributed by atoms with van der Waals surface area (Å²) in [6.45, 7) is 4.61. The van der Waals surface area contributed by atoms with E-state index in [9.17, 15) is 5.11 Å². The lowest BCUT2D eigenvalue weighted by molar-refractivity contribution is 0.0338. The summed E-state index contributed by atoms with van der Waals surface area (Å²) < 4.78 is 1.85. The monoisotopic (exact) mass is 250 g/mol. The van der Waals surface area contributed by atoms with Gasteiger partial charge in [0.25, 0.3) is 0 Å². The minimum atomic E-state index is -0.0864. The molecule has 0 saturated heterocycles. The molecule has 1 aliphatic rings. The predicted molar refractivity (Wildman–Crippen MR) is 73.2 cm³/mol. The Kier molecular flexibility index (Phi) is 4.44. The average Bonchev–Trinajstić information content (AvgIpc) is 2.74. The Labute approximate surface area is 110 Å². The summed E-state index contributed by atoms with van der Waals surface area (Å²) in [5, 5.41) is 14.3. The molecule has 0 radical (unpaired) electrons. The van der Waals surface area contributed by atoms with Crippen LogP contribution in [-0.2, 0) is 13.5 Å². The molecular formula is C15H26N2O. The second-order valence-corrected chi connectivity index (χ2v) is 6.21. The van der Waals surface area contributed by atoms with Gasteiger partial charge in [-0.3, -0.25) is 4.68 Å². The fourth-order valence-corrected chi connectivity index (χ4v) is 3.15. The van der Waals surface area contributed by atoms with Crippen molar-refractivity contribution in [2.24, 2.45) is 24.8 Å². The highest BCUT2D eigenvalue weighted by Gasteiger charge is 2.30. The van der Waals surface area contributed by atoms with Gasteiger partial charge in [-0.1, -0.05) is 13.8 Å². The van der Waals surface area contributed by atoms with Crippen LogP contribution in [0.25, 0.3) is 0 Å². The summed E-state index contributed by atoms with van der Waals surface area (Å²) in [6.07, 6.45) is 9.44. The summed E-state index contributed by atoms with van der Waals surface area (Å²) in [7, 11) is 1.95. The van der Waals surface area contributed by atoms with Crippen molar-refractivity contribution in [2.75, 3.05) is 0 Å². The molecule has 1 aromatic rings. The molecule has 3 nitrogen and oxygen atoms in total. The van der Waals surface area contributed by atoms with E-state index in [1.807, 2.05) is 17.9 Å². The van der Waals surface area contributed by atoms with Gasteiger partial charge in [-0.05, 0) is 55.4 Å². The van der Waals surface area contributed by atoms with Gasteiger partial charge in [-0.15, -0.1) is 0 Å². The van der Waals surface area contributed by atoms with E-state index in [4.69, 9.17) is 0 Å². The van der Waals surface area contributed by atoms with Crippen molar-refractivity contribution in [1.29, 1.82) is 0 Å². The number of aliphatic hydroxyl groups is 1. The minimum absolute atomic E-state index is 0.0864. The van der Waals surface area contributed by atoms with Crippen molar-refractivity contribution in [3.63, 3.8) is 0 Å². The predicted octanol–water partition coefficient (Wildman–Crippen LogP) is 2.79. The van der Waals surface area contributed by atoms with Gasteiger partial charge in [0, 0.05) is 13.2 Å². The SMILES string of the molecule is CC(C)C1CCC(O)C(CCc2cnn(C)c2)C1. The van der Waals surface area contributed by atoms with E-state index in [2.05, 4.69) is 25.1 Å². The Morgan fingerprint density at radius 2 is 2.22 bits per heavy atom. The summed E-state index contributed by atoms with van der Waals surface area (Å²) >= 11 is 0. The van der Waals surface area contributed by atoms with Gasteiger partial charge in [0.2, 0.25) is 0 Å². The summed E-state index contributed by atoms with van der Waals surface area (Å²) in [5.74, 6) is 2.03. The quantitative estimate of drug-likeness (QED) is 0.892. The third-order valence-corrected chi connectivity index (χ3v) is 4.49. The maximum atomic E-state index is 10.1. The van der Waals surface area contributed by atoms with Crippen LogP contribution in [0.5, 0.6) is 0 Å². The van der Waals surface area contributed by atoms with Crippen LogP contribution in [0.4, 0.5) is 0 Å². The van der Waals surface area contributed by atoms with Gasteiger partial charge in [-0.25, -0.2) is 0 Å². The second-order valence-electron chi connectivity index (χ2n) is 6.21. The average molecular weight is 250 g/mol. The number of hydrogen-bond acceptors (Lipinski definition) is 2. The van der Waals surface area contributed by atoms with E-state index in [1.165, 1.54) is 18.4 Å².